The van der Waals surface area contributed by atoms with Crippen LogP contribution >= 0.6 is 11.6 Å². The first-order valence-corrected chi connectivity index (χ1v) is 4.73. The molecule has 0 aromatic rings. The van der Waals surface area contributed by atoms with E-state index < -0.39 is 0 Å². The molecule has 1 unspecified atom stereocenters. The first kappa shape index (κ1) is 11.0. The second kappa shape index (κ2) is 6.66. The zero-order valence-corrected chi connectivity index (χ0v) is 8.16. The van der Waals surface area contributed by atoms with Gasteiger partial charge in [0, 0.05) is 6.42 Å². The summed E-state index contributed by atoms with van der Waals surface area (Å²) in [6, 6.07) is 0. The Morgan fingerprint density at radius 2 is 2.09 bits per heavy atom. The lowest BCUT2D eigenvalue weighted by Gasteiger charge is -2.07. The van der Waals surface area contributed by atoms with Crippen LogP contribution in [0.5, 0.6) is 0 Å². The summed E-state index contributed by atoms with van der Waals surface area (Å²) in [5, 5.41) is -0.201. The Hall–Kier alpha value is -0.0400. The molecule has 0 aromatic carbocycles. The van der Waals surface area contributed by atoms with Crippen molar-refractivity contribution in [3.8, 4) is 0 Å². The zero-order valence-electron chi connectivity index (χ0n) is 7.40. The molecule has 0 aliphatic rings. The maximum absolute atomic E-state index is 10.4. The molecule has 1 atom stereocenters. The summed E-state index contributed by atoms with van der Waals surface area (Å²) in [6.45, 7) is 4.36. The summed E-state index contributed by atoms with van der Waals surface area (Å²) in [5.41, 5.74) is 0. The van der Waals surface area contributed by atoms with E-state index >= 15 is 0 Å². The van der Waals surface area contributed by atoms with Gasteiger partial charge in [-0.25, -0.2) is 0 Å². The largest absolute Gasteiger partial charge is 0.281 e. The Labute approximate surface area is 74.1 Å². The van der Waals surface area contributed by atoms with Crippen LogP contribution in [-0.2, 0) is 4.79 Å². The van der Waals surface area contributed by atoms with Crippen LogP contribution in [0.2, 0.25) is 0 Å². The maximum atomic E-state index is 10.4. The van der Waals surface area contributed by atoms with E-state index in [1.807, 2.05) is 0 Å². The Morgan fingerprint density at radius 3 is 2.55 bits per heavy atom. The van der Waals surface area contributed by atoms with E-state index in [0.717, 1.165) is 6.42 Å². The summed E-state index contributed by atoms with van der Waals surface area (Å²) >= 11 is 5.22. The van der Waals surface area contributed by atoms with Crippen molar-refractivity contribution >= 4 is 16.8 Å². The molecule has 0 saturated carbocycles. The van der Waals surface area contributed by atoms with Gasteiger partial charge in [0.15, 0.2) is 0 Å². The van der Waals surface area contributed by atoms with Crippen molar-refractivity contribution in [3.63, 3.8) is 0 Å². The van der Waals surface area contributed by atoms with Crippen LogP contribution in [0.25, 0.3) is 0 Å². The molecular weight excluding hydrogens is 160 g/mol. The van der Waals surface area contributed by atoms with Gasteiger partial charge in [-0.05, 0) is 23.9 Å². The van der Waals surface area contributed by atoms with E-state index in [1.54, 1.807) is 0 Å². The summed E-state index contributed by atoms with van der Waals surface area (Å²) in [6.07, 6.45) is 5.20. The molecule has 0 fully saturated rings. The van der Waals surface area contributed by atoms with Gasteiger partial charge in [-0.2, -0.15) is 0 Å². The van der Waals surface area contributed by atoms with Crippen molar-refractivity contribution in [2.45, 2.75) is 46.0 Å². The lowest BCUT2D eigenvalue weighted by atomic mass is 9.99. The number of halogens is 1. The predicted molar refractivity (Wildman–Crippen MR) is 48.8 cm³/mol. The summed E-state index contributed by atoms with van der Waals surface area (Å²) in [5.74, 6) is 0.651. The Bertz CT molecular complexity index is 112. The van der Waals surface area contributed by atoms with Gasteiger partial charge in [0.05, 0.1) is 0 Å². The first-order chi connectivity index (χ1) is 5.16. The highest BCUT2D eigenvalue weighted by Crippen LogP contribution is 2.14. The SMILES string of the molecule is CCCCC(C)CCC(=O)Cl. The Balaban J connectivity index is 3.22. The van der Waals surface area contributed by atoms with E-state index in [-0.39, 0.29) is 5.24 Å². The van der Waals surface area contributed by atoms with Crippen LogP contribution < -0.4 is 0 Å². The van der Waals surface area contributed by atoms with Gasteiger partial charge in [-0.1, -0.05) is 33.1 Å². The molecule has 0 radical (unpaired) electrons. The minimum atomic E-state index is -0.201. The molecule has 0 amide bonds. The van der Waals surface area contributed by atoms with Crippen molar-refractivity contribution in [1.29, 1.82) is 0 Å². The van der Waals surface area contributed by atoms with Crippen molar-refractivity contribution in [1.82, 2.24) is 0 Å². The third-order valence-electron chi connectivity index (χ3n) is 1.88. The number of rotatable bonds is 6. The minimum absolute atomic E-state index is 0.201. The molecule has 0 heterocycles. The molecule has 0 saturated heterocycles. The Kier molecular flexibility index (Phi) is 6.63. The van der Waals surface area contributed by atoms with Crippen LogP contribution in [-0.4, -0.2) is 5.24 Å². The topological polar surface area (TPSA) is 17.1 Å². The van der Waals surface area contributed by atoms with E-state index in [4.69, 9.17) is 11.6 Å². The lowest BCUT2D eigenvalue weighted by molar-refractivity contribution is -0.111. The summed E-state index contributed by atoms with van der Waals surface area (Å²) in [7, 11) is 0. The monoisotopic (exact) mass is 176 g/mol. The van der Waals surface area contributed by atoms with E-state index in [0.29, 0.717) is 12.3 Å². The van der Waals surface area contributed by atoms with E-state index in [1.165, 1.54) is 19.3 Å². The molecule has 0 rings (SSSR count). The highest BCUT2D eigenvalue weighted by atomic mass is 35.5. The predicted octanol–water partition coefficient (Wildman–Crippen LogP) is 3.36. The molecule has 0 N–H and O–H groups in total. The van der Waals surface area contributed by atoms with Crippen LogP contribution in [0, 0.1) is 5.92 Å². The van der Waals surface area contributed by atoms with E-state index in [2.05, 4.69) is 13.8 Å². The molecule has 0 aliphatic heterocycles. The van der Waals surface area contributed by atoms with Crippen molar-refractivity contribution in [3.05, 3.63) is 0 Å². The average molecular weight is 177 g/mol. The molecule has 0 spiro atoms. The fourth-order valence-electron chi connectivity index (χ4n) is 1.06. The van der Waals surface area contributed by atoms with Gasteiger partial charge in [0.2, 0.25) is 5.24 Å². The number of hydrogen-bond acceptors (Lipinski definition) is 1. The second-order valence-corrected chi connectivity index (χ2v) is 3.56. The van der Waals surface area contributed by atoms with Crippen molar-refractivity contribution in [2.75, 3.05) is 0 Å². The number of carbonyl (C=O) groups excluding carboxylic acids is 1. The zero-order chi connectivity index (χ0) is 8.69. The van der Waals surface area contributed by atoms with Crippen molar-refractivity contribution < 1.29 is 4.79 Å². The highest BCUT2D eigenvalue weighted by molar-refractivity contribution is 6.63. The maximum Gasteiger partial charge on any atom is 0.221 e. The molecule has 0 aromatic heterocycles. The summed E-state index contributed by atoms with van der Waals surface area (Å²) < 4.78 is 0. The standard InChI is InChI=1S/C9H17ClO/c1-3-4-5-8(2)6-7-9(10)11/h8H,3-7H2,1-2H3. The van der Waals surface area contributed by atoms with Gasteiger partial charge in [-0.3, -0.25) is 4.79 Å². The van der Waals surface area contributed by atoms with Crippen LogP contribution in [0.1, 0.15) is 46.0 Å². The van der Waals surface area contributed by atoms with E-state index in [9.17, 15) is 4.79 Å². The molecule has 0 bridgehead atoms. The third kappa shape index (κ3) is 7.86. The molecule has 0 aliphatic carbocycles. The molecular formula is C9H17ClO. The Morgan fingerprint density at radius 1 is 1.45 bits per heavy atom. The number of carbonyl (C=O) groups is 1. The minimum Gasteiger partial charge on any atom is -0.281 e. The fraction of sp³-hybridized carbons (Fsp3) is 0.889. The van der Waals surface area contributed by atoms with Crippen LogP contribution in [0.15, 0.2) is 0 Å². The van der Waals surface area contributed by atoms with Gasteiger partial charge >= 0.3 is 0 Å². The quantitative estimate of drug-likeness (QED) is 0.568. The van der Waals surface area contributed by atoms with Crippen molar-refractivity contribution in [2.24, 2.45) is 5.92 Å². The molecule has 66 valence electrons. The molecule has 11 heavy (non-hydrogen) atoms. The van der Waals surface area contributed by atoms with Crippen LogP contribution in [0.3, 0.4) is 0 Å². The number of unbranched alkanes of at least 4 members (excludes halogenated alkanes) is 1. The molecule has 1 nitrogen and oxygen atoms in total. The summed E-state index contributed by atoms with van der Waals surface area (Å²) in [4.78, 5) is 10.4. The molecule has 2 heteroatoms. The van der Waals surface area contributed by atoms with Gasteiger partial charge in [0.25, 0.3) is 0 Å². The third-order valence-corrected chi connectivity index (χ3v) is 2.07. The smallest absolute Gasteiger partial charge is 0.221 e. The number of hydrogen-bond donors (Lipinski definition) is 0. The van der Waals surface area contributed by atoms with Gasteiger partial charge in [0.1, 0.15) is 0 Å². The highest BCUT2D eigenvalue weighted by Gasteiger charge is 2.03. The lowest BCUT2D eigenvalue weighted by Crippen LogP contribution is -1.97. The normalized spacial score (nSPS) is 13.0. The second-order valence-electron chi connectivity index (χ2n) is 3.14. The van der Waals surface area contributed by atoms with Crippen LogP contribution in [0.4, 0.5) is 0 Å². The fourth-order valence-corrected chi connectivity index (χ4v) is 1.17. The first-order valence-electron chi connectivity index (χ1n) is 4.35. The van der Waals surface area contributed by atoms with Gasteiger partial charge < -0.3 is 0 Å². The average Bonchev–Trinajstić information content (AvgIpc) is 1.97. The van der Waals surface area contributed by atoms with Gasteiger partial charge in [-0.15, -0.1) is 0 Å².